The Hall–Kier alpha value is -0.0800. The molecule has 1 heterocycles. The molecule has 0 aromatic rings. The summed E-state index contributed by atoms with van der Waals surface area (Å²) < 4.78 is 12.1. The molecule has 0 saturated carbocycles. The number of hydrogen-bond donors (Lipinski definition) is 0. The molecule has 1 fully saturated rings. The summed E-state index contributed by atoms with van der Waals surface area (Å²) >= 11 is 0. The molecule has 2 heteroatoms. The van der Waals surface area contributed by atoms with Crippen molar-refractivity contribution in [2.75, 3.05) is 13.2 Å². The summed E-state index contributed by atoms with van der Waals surface area (Å²) in [6.07, 6.45) is 9.58. The third-order valence-corrected chi connectivity index (χ3v) is 3.40. The minimum absolute atomic E-state index is 0.265. The molecule has 0 aromatic carbocycles. The van der Waals surface area contributed by atoms with Gasteiger partial charge in [0.25, 0.3) is 0 Å². The number of ether oxygens (including phenoxy) is 2. The van der Waals surface area contributed by atoms with Crippen molar-refractivity contribution in [3.63, 3.8) is 0 Å². The van der Waals surface area contributed by atoms with E-state index >= 15 is 0 Å². The first-order valence-corrected chi connectivity index (χ1v) is 7.46. The molecule has 0 atom stereocenters. The van der Waals surface area contributed by atoms with Gasteiger partial charge >= 0.3 is 0 Å². The average molecular weight is 242 g/mol. The first kappa shape index (κ1) is 15.0. The second-order valence-corrected chi connectivity index (χ2v) is 5.72. The minimum atomic E-state index is -0.265. The Bertz CT molecular complexity index is 181. The molecule has 2 nitrogen and oxygen atoms in total. The Morgan fingerprint density at radius 2 is 1.65 bits per heavy atom. The van der Waals surface area contributed by atoms with Gasteiger partial charge in [0.2, 0.25) is 0 Å². The molecule has 0 radical (unpaired) electrons. The first-order chi connectivity index (χ1) is 8.18. The molecule has 0 aliphatic carbocycles. The highest BCUT2D eigenvalue weighted by molar-refractivity contribution is 4.74. The van der Waals surface area contributed by atoms with E-state index in [2.05, 4.69) is 20.8 Å². The fourth-order valence-electron chi connectivity index (χ4n) is 2.57. The van der Waals surface area contributed by atoms with Crippen LogP contribution in [0.5, 0.6) is 0 Å². The summed E-state index contributed by atoms with van der Waals surface area (Å²) in [7, 11) is 0. The number of rotatable bonds is 7. The van der Waals surface area contributed by atoms with Crippen LogP contribution in [0.2, 0.25) is 0 Å². The molecule has 1 aliphatic rings. The number of hydrogen-bond acceptors (Lipinski definition) is 2. The fraction of sp³-hybridized carbons (Fsp3) is 1.00. The van der Waals surface area contributed by atoms with E-state index in [1.54, 1.807) is 0 Å². The third-order valence-electron chi connectivity index (χ3n) is 3.40. The van der Waals surface area contributed by atoms with Gasteiger partial charge < -0.3 is 9.47 Å². The van der Waals surface area contributed by atoms with E-state index in [-0.39, 0.29) is 5.79 Å². The topological polar surface area (TPSA) is 18.5 Å². The van der Waals surface area contributed by atoms with Crippen LogP contribution in [-0.2, 0) is 9.47 Å². The van der Waals surface area contributed by atoms with Crippen LogP contribution in [0.15, 0.2) is 0 Å². The Labute approximate surface area is 107 Å². The molecule has 0 N–H and O–H groups in total. The second-order valence-electron chi connectivity index (χ2n) is 5.72. The molecule has 1 saturated heterocycles. The second kappa shape index (κ2) is 8.10. The van der Waals surface area contributed by atoms with E-state index in [1.807, 2.05) is 0 Å². The molecule has 17 heavy (non-hydrogen) atoms. The predicted octanol–water partition coefficient (Wildman–Crippen LogP) is 4.53. The molecule has 1 aliphatic heterocycles. The normalized spacial score (nSPS) is 20.5. The van der Waals surface area contributed by atoms with Crippen LogP contribution in [0.4, 0.5) is 0 Å². The number of unbranched alkanes of at least 4 members (excludes halogenated alkanes) is 3. The van der Waals surface area contributed by atoms with Crippen LogP contribution in [-0.4, -0.2) is 19.0 Å². The maximum absolute atomic E-state index is 6.06. The predicted molar refractivity (Wildman–Crippen MR) is 72.1 cm³/mol. The van der Waals surface area contributed by atoms with Crippen LogP contribution in [0.1, 0.15) is 72.1 Å². The lowest BCUT2D eigenvalue weighted by atomic mass is 9.96. The van der Waals surface area contributed by atoms with Crippen molar-refractivity contribution >= 4 is 0 Å². The highest BCUT2D eigenvalue weighted by atomic mass is 16.7. The van der Waals surface area contributed by atoms with Crippen molar-refractivity contribution in [1.29, 1.82) is 0 Å². The summed E-state index contributed by atoms with van der Waals surface area (Å²) in [6, 6.07) is 0. The molecule has 0 unspecified atom stereocenters. The van der Waals surface area contributed by atoms with Crippen LogP contribution in [0.3, 0.4) is 0 Å². The highest BCUT2D eigenvalue weighted by Gasteiger charge is 2.33. The van der Waals surface area contributed by atoms with Crippen molar-refractivity contribution in [2.24, 2.45) is 5.92 Å². The Morgan fingerprint density at radius 1 is 1.00 bits per heavy atom. The summed E-state index contributed by atoms with van der Waals surface area (Å²) in [5, 5.41) is 0. The molecule has 1 rings (SSSR count). The van der Waals surface area contributed by atoms with Crippen molar-refractivity contribution < 1.29 is 9.47 Å². The van der Waals surface area contributed by atoms with Gasteiger partial charge in [-0.3, -0.25) is 0 Å². The lowest BCUT2D eigenvalue weighted by Crippen LogP contribution is -2.37. The summed E-state index contributed by atoms with van der Waals surface area (Å²) in [5.74, 6) is 0.373. The van der Waals surface area contributed by atoms with Gasteiger partial charge in [0.05, 0.1) is 13.2 Å². The molecular formula is C15H30O2. The molecule has 102 valence electrons. The zero-order valence-corrected chi connectivity index (χ0v) is 12.0. The van der Waals surface area contributed by atoms with E-state index in [0.717, 1.165) is 38.9 Å². The van der Waals surface area contributed by atoms with E-state index in [9.17, 15) is 0 Å². The standard InChI is InChI=1S/C15H30O2/c1-4-5-6-7-10-15(13-14(2)3)16-11-8-9-12-17-15/h14H,4-13H2,1-3H3. The largest absolute Gasteiger partial charge is 0.350 e. The van der Waals surface area contributed by atoms with E-state index in [4.69, 9.17) is 9.47 Å². The monoisotopic (exact) mass is 242 g/mol. The van der Waals surface area contributed by atoms with Crippen molar-refractivity contribution in [3.8, 4) is 0 Å². The van der Waals surface area contributed by atoms with Gasteiger partial charge in [-0.1, -0.05) is 40.0 Å². The lowest BCUT2D eigenvalue weighted by molar-refractivity contribution is -0.238. The van der Waals surface area contributed by atoms with E-state index in [1.165, 1.54) is 25.7 Å². The maximum Gasteiger partial charge on any atom is 0.168 e. The van der Waals surface area contributed by atoms with Gasteiger partial charge in [0, 0.05) is 12.8 Å². The van der Waals surface area contributed by atoms with Gasteiger partial charge in [-0.2, -0.15) is 0 Å². The fourth-order valence-corrected chi connectivity index (χ4v) is 2.57. The highest BCUT2D eigenvalue weighted by Crippen LogP contribution is 2.31. The quantitative estimate of drug-likeness (QED) is 0.611. The van der Waals surface area contributed by atoms with Crippen molar-refractivity contribution in [3.05, 3.63) is 0 Å². The SMILES string of the molecule is CCCCCCC1(CC(C)C)OCCCCO1. The van der Waals surface area contributed by atoms with Crippen LogP contribution in [0.25, 0.3) is 0 Å². The van der Waals surface area contributed by atoms with Gasteiger partial charge in [0.15, 0.2) is 5.79 Å². The average Bonchev–Trinajstić information content (AvgIpc) is 2.50. The Kier molecular flexibility index (Phi) is 7.14. The van der Waals surface area contributed by atoms with Crippen LogP contribution >= 0.6 is 0 Å². The molecular weight excluding hydrogens is 212 g/mol. The first-order valence-electron chi connectivity index (χ1n) is 7.46. The van der Waals surface area contributed by atoms with Gasteiger partial charge in [-0.05, 0) is 25.2 Å². The lowest BCUT2D eigenvalue weighted by Gasteiger charge is -2.34. The van der Waals surface area contributed by atoms with Crippen LogP contribution in [0, 0.1) is 5.92 Å². The zero-order valence-electron chi connectivity index (χ0n) is 12.0. The zero-order chi connectivity index (χ0) is 12.6. The molecule has 0 spiro atoms. The Balaban J connectivity index is 2.44. The minimum Gasteiger partial charge on any atom is -0.350 e. The molecule has 0 aromatic heterocycles. The van der Waals surface area contributed by atoms with E-state index < -0.39 is 0 Å². The van der Waals surface area contributed by atoms with Gasteiger partial charge in [-0.15, -0.1) is 0 Å². The summed E-state index contributed by atoms with van der Waals surface area (Å²) in [6.45, 7) is 8.51. The molecule has 0 bridgehead atoms. The van der Waals surface area contributed by atoms with Crippen molar-refractivity contribution in [1.82, 2.24) is 0 Å². The maximum atomic E-state index is 6.06. The van der Waals surface area contributed by atoms with Crippen LogP contribution < -0.4 is 0 Å². The molecule has 0 amide bonds. The Morgan fingerprint density at radius 3 is 2.18 bits per heavy atom. The summed E-state index contributed by atoms with van der Waals surface area (Å²) in [5.41, 5.74) is 0. The third kappa shape index (κ3) is 5.87. The smallest absolute Gasteiger partial charge is 0.168 e. The van der Waals surface area contributed by atoms with Crippen molar-refractivity contribution in [2.45, 2.75) is 77.9 Å². The van der Waals surface area contributed by atoms with Gasteiger partial charge in [-0.25, -0.2) is 0 Å². The van der Waals surface area contributed by atoms with E-state index in [0.29, 0.717) is 5.92 Å². The summed E-state index contributed by atoms with van der Waals surface area (Å²) in [4.78, 5) is 0. The van der Waals surface area contributed by atoms with Gasteiger partial charge in [0.1, 0.15) is 0 Å².